The van der Waals surface area contributed by atoms with Gasteiger partial charge in [0.1, 0.15) is 0 Å². The third-order valence-corrected chi connectivity index (χ3v) is 4.49. The Labute approximate surface area is 105 Å². The van der Waals surface area contributed by atoms with Gasteiger partial charge in [-0.1, -0.05) is 0 Å². The van der Waals surface area contributed by atoms with E-state index in [2.05, 4.69) is 19.2 Å². The fraction of sp³-hybridized carbons (Fsp3) is 1.00. The maximum absolute atomic E-state index is 10.6. The van der Waals surface area contributed by atoms with Crippen LogP contribution in [-0.4, -0.2) is 35.5 Å². The number of aliphatic hydroxyl groups is 1. The van der Waals surface area contributed by atoms with Crippen LogP contribution in [0.1, 0.15) is 58.8 Å². The van der Waals surface area contributed by atoms with E-state index in [1.54, 1.807) is 0 Å². The van der Waals surface area contributed by atoms with Gasteiger partial charge in [-0.05, 0) is 59.4 Å². The molecular formula is C14H27NO2. The van der Waals surface area contributed by atoms with Gasteiger partial charge in [0.15, 0.2) is 0 Å². The fourth-order valence-corrected chi connectivity index (χ4v) is 3.29. The van der Waals surface area contributed by atoms with Crippen molar-refractivity contribution in [2.24, 2.45) is 0 Å². The summed E-state index contributed by atoms with van der Waals surface area (Å²) < 4.78 is 5.99. The van der Waals surface area contributed by atoms with Gasteiger partial charge in [0.05, 0.1) is 17.3 Å². The molecule has 1 unspecified atom stereocenters. The lowest BCUT2D eigenvalue weighted by molar-refractivity contribution is -0.0791. The van der Waals surface area contributed by atoms with Crippen LogP contribution in [0.5, 0.6) is 0 Å². The SMILES string of the molecule is CNC1CCC(O)(CC2CCC(C)(C)O2)CC1. The summed E-state index contributed by atoms with van der Waals surface area (Å²) in [7, 11) is 2.01. The average Bonchev–Trinajstić information content (AvgIpc) is 2.58. The van der Waals surface area contributed by atoms with Crippen LogP contribution in [0.2, 0.25) is 0 Å². The first-order chi connectivity index (χ1) is 7.92. The molecule has 2 aliphatic rings. The number of rotatable bonds is 3. The van der Waals surface area contributed by atoms with E-state index in [4.69, 9.17) is 4.74 Å². The zero-order chi connectivity index (χ0) is 12.5. The van der Waals surface area contributed by atoms with Crippen LogP contribution in [0.25, 0.3) is 0 Å². The minimum Gasteiger partial charge on any atom is -0.390 e. The normalized spacial score (nSPS) is 41.6. The van der Waals surface area contributed by atoms with Crippen LogP contribution < -0.4 is 5.32 Å². The van der Waals surface area contributed by atoms with E-state index in [1.165, 1.54) is 0 Å². The van der Waals surface area contributed by atoms with Gasteiger partial charge in [-0.15, -0.1) is 0 Å². The van der Waals surface area contributed by atoms with Crippen molar-refractivity contribution in [2.75, 3.05) is 7.05 Å². The first-order valence-corrected chi connectivity index (χ1v) is 7.00. The van der Waals surface area contributed by atoms with Gasteiger partial charge in [-0.2, -0.15) is 0 Å². The Balaban J connectivity index is 1.83. The molecule has 2 fully saturated rings. The standard InChI is InChI=1S/C14H27NO2/c1-13(2)7-6-12(17-13)10-14(16)8-4-11(15-3)5-9-14/h11-12,15-16H,4-10H2,1-3H3. The van der Waals surface area contributed by atoms with Gasteiger partial charge >= 0.3 is 0 Å². The van der Waals surface area contributed by atoms with Crippen molar-refractivity contribution in [3.8, 4) is 0 Å². The molecule has 0 aromatic rings. The number of hydrogen-bond donors (Lipinski definition) is 2. The Bertz CT molecular complexity index is 257. The van der Waals surface area contributed by atoms with E-state index in [1.807, 2.05) is 7.05 Å². The summed E-state index contributed by atoms with van der Waals surface area (Å²) in [5.74, 6) is 0. The van der Waals surface area contributed by atoms with Gasteiger partial charge in [0, 0.05) is 12.5 Å². The molecule has 0 amide bonds. The zero-order valence-corrected chi connectivity index (χ0v) is 11.5. The molecule has 3 nitrogen and oxygen atoms in total. The molecule has 17 heavy (non-hydrogen) atoms. The zero-order valence-electron chi connectivity index (χ0n) is 11.5. The highest BCUT2D eigenvalue weighted by Gasteiger charge is 2.39. The maximum atomic E-state index is 10.6. The lowest BCUT2D eigenvalue weighted by atomic mass is 9.78. The predicted octanol–water partition coefficient (Wildman–Crippen LogP) is 2.23. The van der Waals surface area contributed by atoms with Crippen LogP contribution in [0, 0.1) is 0 Å². The van der Waals surface area contributed by atoms with E-state index >= 15 is 0 Å². The largest absolute Gasteiger partial charge is 0.390 e. The van der Waals surface area contributed by atoms with Crippen molar-refractivity contribution in [1.29, 1.82) is 0 Å². The quantitative estimate of drug-likeness (QED) is 0.796. The van der Waals surface area contributed by atoms with Crippen molar-refractivity contribution < 1.29 is 9.84 Å². The van der Waals surface area contributed by atoms with Crippen LogP contribution in [-0.2, 0) is 4.74 Å². The van der Waals surface area contributed by atoms with E-state index in [9.17, 15) is 5.11 Å². The summed E-state index contributed by atoms with van der Waals surface area (Å²) in [4.78, 5) is 0. The lowest BCUT2D eigenvalue weighted by Gasteiger charge is -2.37. The summed E-state index contributed by atoms with van der Waals surface area (Å²) in [6, 6.07) is 0.594. The highest BCUT2D eigenvalue weighted by atomic mass is 16.5. The molecule has 100 valence electrons. The fourth-order valence-electron chi connectivity index (χ4n) is 3.29. The molecule has 3 heteroatoms. The van der Waals surface area contributed by atoms with Crippen LogP contribution in [0.4, 0.5) is 0 Å². The second kappa shape index (κ2) is 4.87. The van der Waals surface area contributed by atoms with Gasteiger partial charge in [-0.3, -0.25) is 0 Å². The number of nitrogens with one attached hydrogen (secondary N) is 1. The average molecular weight is 241 g/mol. The van der Waals surface area contributed by atoms with E-state index in [0.717, 1.165) is 44.9 Å². The monoisotopic (exact) mass is 241 g/mol. The minimum absolute atomic E-state index is 0.0171. The number of hydrogen-bond acceptors (Lipinski definition) is 3. The molecule has 1 atom stereocenters. The van der Waals surface area contributed by atoms with Crippen LogP contribution in [0.15, 0.2) is 0 Å². The molecule has 1 aliphatic carbocycles. The molecule has 0 bridgehead atoms. The molecule has 1 saturated heterocycles. The van der Waals surface area contributed by atoms with Crippen LogP contribution in [0.3, 0.4) is 0 Å². The van der Waals surface area contributed by atoms with Crippen molar-refractivity contribution in [3.05, 3.63) is 0 Å². The Morgan fingerprint density at radius 3 is 2.29 bits per heavy atom. The minimum atomic E-state index is -0.474. The summed E-state index contributed by atoms with van der Waals surface area (Å²) in [5, 5.41) is 13.9. The predicted molar refractivity (Wildman–Crippen MR) is 69.1 cm³/mol. The van der Waals surface area contributed by atoms with E-state index in [0.29, 0.717) is 6.04 Å². The van der Waals surface area contributed by atoms with Gasteiger partial charge in [-0.25, -0.2) is 0 Å². The first-order valence-electron chi connectivity index (χ1n) is 7.00. The van der Waals surface area contributed by atoms with Crippen molar-refractivity contribution in [3.63, 3.8) is 0 Å². The Hall–Kier alpha value is -0.120. The first kappa shape index (κ1) is 13.3. The maximum Gasteiger partial charge on any atom is 0.0673 e. The van der Waals surface area contributed by atoms with Crippen molar-refractivity contribution >= 4 is 0 Å². The molecule has 1 saturated carbocycles. The third-order valence-electron chi connectivity index (χ3n) is 4.49. The molecule has 0 radical (unpaired) electrons. The Morgan fingerprint density at radius 2 is 1.82 bits per heavy atom. The molecule has 1 aliphatic heterocycles. The highest BCUT2D eigenvalue weighted by Crippen LogP contribution is 2.38. The number of ether oxygens (including phenoxy) is 1. The summed E-state index contributed by atoms with van der Waals surface area (Å²) >= 11 is 0. The summed E-state index contributed by atoms with van der Waals surface area (Å²) in [6.45, 7) is 4.30. The molecule has 0 aromatic carbocycles. The molecule has 2 N–H and O–H groups in total. The van der Waals surface area contributed by atoms with Gasteiger partial charge < -0.3 is 15.2 Å². The molecular weight excluding hydrogens is 214 g/mol. The van der Waals surface area contributed by atoms with E-state index < -0.39 is 5.60 Å². The second-order valence-electron chi connectivity index (χ2n) is 6.53. The molecule has 2 rings (SSSR count). The molecule has 0 aromatic heterocycles. The van der Waals surface area contributed by atoms with Crippen LogP contribution >= 0.6 is 0 Å². The lowest BCUT2D eigenvalue weighted by Crippen LogP contribution is -2.42. The Morgan fingerprint density at radius 1 is 1.18 bits per heavy atom. The Kier molecular flexibility index (Phi) is 3.81. The third kappa shape index (κ3) is 3.43. The summed E-state index contributed by atoms with van der Waals surface area (Å²) in [6.07, 6.45) is 7.31. The highest BCUT2D eigenvalue weighted by molar-refractivity contribution is 4.92. The van der Waals surface area contributed by atoms with Gasteiger partial charge in [0.2, 0.25) is 0 Å². The van der Waals surface area contributed by atoms with E-state index in [-0.39, 0.29) is 11.7 Å². The second-order valence-corrected chi connectivity index (χ2v) is 6.53. The smallest absolute Gasteiger partial charge is 0.0673 e. The van der Waals surface area contributed by atoms with Crippen molar-refractivity contribution in [1.82, 2.24) is 5.32 Å². The summed E-state index contributed by atoms with van der Waals surface area (Å²) in [5.41, 5.74) is -0.457. The topological polar surface area (TPSA) is 41.5 Å². The van der Waals surface area contributed by atoms with Gasteiger partial charge in [0.25, 0.3) is 0 Å². The molecule has 1 heterocycles. The van der Waals surface area contributed by atoms with Crippen molar-refractivity contribution in [2.45, 2.75) is 82.1 Å². The molecule has 0 spiro atoms.